The van der Waals surface area contributed by atoms with E-state index in [1.54, 1.807) is 42.7 Å². The number of aliphatic hydroxyl groups excluding tert-OH is 2. The highest BCUT2D eigenvalue weighted by molar-refractivity contribution is 6.30. The van der Waals surface area contributed by atoms with E-state index in [9.17, 15) is 10.2 Å². The summed E-state index contributed by atoms with van der Waals surface area (Å²) in [6.45, 7) is 0.298. The molecule has 2 unspecified atom stereocenters. The van der Waals surface area contributed by atoms with Gasteiger partial charge in [0.05, 0.1) is 12.7 Å². The molecule has 3 aromatic rings. The smallest absolute Gasteiger partial charge is 0.130 e. The first-order valence-corrected chi connectivity index (χ1v) is 9.46. The fraction of sp³-hybridized carbons (Fsp3) is 0.227. The molecular formula is C22H23ClN2O3. The molecule has 6 heteroatoms. The molecule has 0 radical (unpaired) electrons. The zero-order valence-corrected chi connectivity index (χ0v) is 16.1. The van der Waals surface area contributed by atoms with Crippen molar-refractivity contribution in [2.24, 2.45) is 0 Å². The Morgan fingerprint density at radius 1 is 1.00 bits per heavy atom. The highest BCUT2D eigenvalue weighted by atomic mass is 35.5. The van der Waals surface area contributed by atoms with E-state index in [1.807, 2.05) is 30.3 Å². The van der Waals surface area contributed by atoms with E-state index >= 15 is 0 Å². The number of aliphatic hydroxyl groups is 2. The molecule has 0 aliphatic heterocycles. The molecule has 5 nitrogen and oxygen atoms in total. The second-order valence-electron chi connectivity index (χ2n) is 6.49. The molecule has 1 heterocycles. The van der Waals surface area contributed by atoms with Gasteiger partial charge in [0.1, 0.15) is 11.5 Å². The van der Waals surface area contributed by atoms with Crippen LogP contribution in [0.25, 0.3) is 0 Å². The molecule has 1 aromatic heterocycles. The third-order valence-electron chi connectivity index (χ3n) is 4.34. The molecule has 0 aliphatic rings. The minimum Gasteiger partial charge on any atom is -0.457 e. The van der Waals surface area contributed by atoms with Gasteiger partial charge >= 0.3 is 0 Å². The number of hydrogen-bond donors (Lipinski definition) is 3. The van der Waals surface area contributed by atoms with Crippen molar-refractivity contribution in [2.45, 2.75) is 18.6 Å². The summed E-state index contributed by atoms with van der Waals surface area (Å²) in [6.07, 6.45) is 3.30. The number of halogens is 1. The zero-order chi connectivity index (χ0) is 19.8. The van der Waals surface area contributed by atoms with Crippen molar-refractivity contribution in [3.8, 4) is 11.5 Å². The molecule has 0 amide bonds. The van der Waals surface area contributed by atoms with Gasteiger partial charge in [-0.1, -0.05) is 35.9 Å². The number of rotatable bonds is 9. The van der Waals surface area contributed by atoms with E-state index < -0.39 is 6.10 Å². The topological polar surface area (TPSA) is 74.6 Å². The number of nitrogens with zero attached hydrogens (tertiary/aromatic N) is 1. The molecule has 0 saturated heterocycles. The molecule has 3 rings (SSSR count). The SMILES string of the molecule is OCC(Cc1ccc(Oc2ccncc2)cc1)NCC(O)c1cccc(Cl)c1. The summed E-state index contributed by atoms with van der Waals surface area (Å²) in [4.78, 5) is 3.96. The minimum absolute atomic E-state index is 0.0302. The molecule has 0 aliphatic carbocycles. The van der Waals surface area contributed by atoms with Crippen molar-refractivity contribution in [2.75, 3.05) is 13.2 Å². The summed E-state index contributed by atoms with van der Waals surface area (Å²) in [7, 11) is 0. The average Bonchev–Trinajstić information content (AvgIpc) is 2.73. The Labute approximate surface area is 169 Å². The Morgan fingerprint density at radius 3 is 2.39 bits per heavy atom. The highest BCUT2D eigenvalue weighted by Crippen LogP contribution is 2.21. The lowest BCUT2D eigenvalue weighted by molar-refractivity contribution is 0.158. The Bertz CT molecular complexity index is 859. The van der Waals surface area contributed by atoms with Crippen LogP contribution >= 0.6 is 11.6 Å². The number of pyridine rings is 1. The van der Waals surface area contributed by atoms with Gasteiger partial charge in [-0.2, -0.15) is 0 Å². The van der Waals surface area contributed by atoms with Crippen LogP contribution in [0.3, 0.4) is 0 Å². The molecule has 0 saturated carbocycles. The standard InChI is InChI=1S/C22H23ClN2O3/c23-18-3-1-2-17(13-18)22(27)14-25-19(15-26)12-16-4-6-20(7-5-16)28-21-8-10-24-11-9-21/h1-11,13,19,22,25-27H,12,14-15H2. The molecule has 0 bridgehead atoms. The minimum atomic E-state index is -0.691. The Hall–Kier alpha value is -2.44. The first kappa shape index (κ1) is 20.3. The molecule has 28 heavy (non-hydrogen) atoms. The fourth-order valence-corrected chi connectivity index (χ4v) is 3.03. The van der Waals surface area contributed by atoms with Crippen LogP contribution in [0.5, 0.6) is 11.5 Å². The van der Waals surface area contributed by atoms with Crippen molar-refractivity contribution >= 4 is 11.6 Å². The lowest BCUT2D eigenvalue weighted by atomic mass is 10.1. The van der Waals surface area contributed by atoms with Gasteiger partial charge in [0.15, 0.2) is 0 Å². The number of ether oxygens (including phenoxy) is 1. The van der Waals surface area contributed by atoms with E-state index in [-0.39, 0.29) is 12.6 Å². The predicted octanol–water partition coefficient (Wildman–Crippen LogP) is 3.75. The van der Waals surface area contributed by atoms with Crippen molar-refractivity contribution in [1.82, 2.24) is 10.3 Å². The third kappa shape index (κ3) is 6.04. The highest BCUT2D eigenvalue weighted by Gasteiger charge is 2.13. The monoisotopic (exact) mass is 398 g/mol. The maximum atomic E-state index is 10.3. The van der Waals surface area contributed by atoms with Crippen LogP contribution in [-0.4, -0.2) is 34.4 Å². The van der Waals surface area contributed by atoms with Crippen molar-refractivity contribution < 1.29 is 14.9 Å². The maximum Gasteiger partial charge on any atom is 0.130 e. The number of nitrogens with one attached hydrogen (secondary N) is 1. The van der Waals surface area contributed by atoms with Crippen LogP contribution in [0.4, 0.5) is 0 Å². The van der Waals surface area contributed by atoms with Gasteiger partial charge in [0, 0.05) is 30.0 Å². The summed E-state index contributed by atoms with van der Waals surface area (Å²) in [6, 6.07) is 18.3. The van der Waals surface area contributed by atoms with Crippen LogP contribution in [0.2, 0.25) is 5.02 Å². The van der Waals surface area contributed by atoms with Crippen LogP contribution in [0.1, 0.15) is 17.2 Å². The average molecular weight is 399 g/mol. The van der Waals surface area contributed by atoms with Crippen molar-refractivity contribution in [3.63, 3.8) is 0 Å². The summed E-state index contributed by atoms with van der Waals surface area (Å²) >= 11 is 5.97. The van der Waals surface area contributed by atoms with Gasteiger partial charge in [0.2, 0.25) is 0 Å². The number of hydrogen-bond acceptors (Lipinski definition) is 5. The van der Waals surface area contributed by atoms with E-state index in [0.29, 0.717) is 18.0 Å². The normalized spacial score (nSPS) is 13.1. The maximum absolute atomic E-state index is 10.3. The molecular weight excluding hydrogens is 376 g/mol. The second-order valence-corrected chi connectivity index (χ2v) is 6.93. The van der Waals surface area contributed by atoms with E-state index in [1.165, 1.54) is 0 Å². The quantitative estimate of drug-likeness (QED) is 0.511. The summed E-state index contributed by atoms with van der Waals surface area (Å²) in [5.41, 5.74) is 1.81. The van der Waals surface area contributed by atoms with Gasteiger partial charge < -0.3 is 20.3 Å². The van der Waals surface area contributed by atoms with E-state index in [0.717, 1.165) is 22.6 Å². The van der Waals surface area contributed by atoms with Crippen LogP contribution < -0.4 is 10.1 Å². The van der Waals surface area contributed by atoms with E-state index in [2.05, 4.69) is 10.3 Å². The molecule has 146 valence electrons. The Balaban J connectivity index is 1.52. The summed E-state index contributed by atoms with van der Waals surface area (Å²) < 4.78 is 5.75. The summed E-state index contributed by atoms with van der Waals surface area (Å²) in [5.74, 6) is 1.47. The van der Waals surface area contributed by atoms with Gasteiger partial charge in [-0.3, -0.25) is 4.98 Å². The van der Waals surface area contributed by atoms with Crippen LogP contribution in [-0.2, 0) is 6.42 Å². The molecule has 0 spiro atoms. The van der Waals surface area contributed by atoms with Gasteiger partial charge in [-0.15, -0.1) is 0 Å². The molecule has 2 atom stereocenters. The van der Waals surface area contributed by atoms with Crippen molar-refractivity contribution in [1.29, 1.82) is 0 Å². The Kier molecular flexibility index (Phi) is 7.39. The fourth-order valence-electron chi connectivity index (χ4n) is 2.83. The lowest BCUT2D eigenvalue weighted by Crippen LogP contribution is -2.37. The zero-order valence-electron chi connectivity index (χ0n) is 15.3. The summed E-state index contributed by atoms with van der Waals surface area (Å²) in [5, 5.41) is 23.8. The first-order chi connectivity index (χ1) is 13.6. The second kappa shape index (κ2) is 10.2. The van der Waals surface area contributed by atoms with Gasteiger partial charge in [0.25, 0.3) is 0 Å². The molecule has 2 aromatic carbocycles. The third-order valence-corrected chi connectivity index (χ3v) is 4.58. The van der Waals surface area contributed by atoms with Gasteiger partial charge in [-0.25, -0.2) is 0 Å². The lowest BCUT2D eigenvalue weighted by Gasteiger charge is -2.19. The molecule has 0 fully saturated rings. The van der Waals surface area contributed by atoms with Crippen molar-refractivity contribution in [3.05, 3.63) is 89.2 Å². The molecule has 3 N–H and O–H groups in total. The first-order valence-electron chi connectivity index (χ1n) is 9.08. The predicted molar refractivity (Wildman–Crippen MR) is 110 cm³/mol. The largest absolute Gasteiger partial charge is 0.457 e. The van der Waals surface area contributed by atoms with Gasteiger partial charge in [-0.05, 0) is 53.9 Å². The number of benzene rings is 2. The van der Waals surface area contributed by atoms with E-state index in [4.69, 9.17) is 16.3 Å². The van der Waals surface area contributed by atoms with Crippen LogP contribution in [0.15, 0.2) is 73.1 Å². The van der Waals surface area contributed by atoms with Crippen LogP contribution in [0, 0.1) is 0 Å². The number of aromatic nitrogens is 1. The Morgan fingerprint density at radius 2 is 1.71 bits per heavy atom.